The van der Waals surface area contributed by atoms with E-state index in [9.17, 15) is 0 Å². The Balaban J connectivity index is 2.56. The molecule has 0 aromatic heterocycles. The minimum absolute atomic E-state index is 0.866. The van der Waals surface area contributed by atoms with E-state index in [0.717, 1.165) is 17.5 Å². The Labute approximate surface area is 84.5 Å². The maximum Gasteiger partial charge on any atom is 0.0393 e. The molecule has 14 heavy (non-hydrogen) atoms. The van der Waals surface area contributed by atoms with Crippen LogP contribution in [0.2, 0.25) is 0 Å². The predicted molar refractivity (Wildman–Crippen MR) is 62.4 cm³/mol. The number of hydrogen-bond acceptors (Lipinski definition) is 1. The Hall–Kier alpha value is -1.50. The summed E-state index contributed by atoms with van der Waals surface area (Å²) in [5.41, 5.74) is 8.14. The Bertz CT molecular complexity index is 446. The molecule has 0 aliphatic heterocycles. The zero-order valence-electron chi connectivity index (χ0n) is 8.46. The molecule has 1 nitrogen and oxygen atoms in total. The van der Waals surface area contributed by atoms with Crippen molar-refractivity contribution in [2.24, 2.45) is 0 Å². The summed E-state index contributed by atoms with van der Waals surface area (Å²) in [6.45, 7) is 2.20. The van der Waals surface area contributed by atoms with Gasteiger partial charge in [-0.05, 0) is 23.4 Å². The number of aryl methyl sites for hydroxylation is 1. The van der Waals surface area contributed by atoms with E-state index >= 15 is 0 Å². The van der Waals surface area contributed by atoms with Gasteiger partial charge in [0.15, 0.2) is 0 Å². The van der Waals surface area contributed by atoms with E-state index < -0.39 is 0 Å². The smallest absolute Gasteiger partial charge is 0.0393 e. The van der Waals surface area contributed by atoms with Crippen molar-refractivity contribution in [3.8, 4) is 0 Å². The fraction of sp³-hybridized carbons (Fsp3) is 0.231. The highest BCUT2D eigenvalue weighted by atomic mass is 14.5. The molecule has 2 rings (SSSR count). The summed E-state index contributed by atoms with van der Waals surface area (Å²) in [5, 5.41) is 2.41. The maximum atomic E-state index is 5.88. The number of fused-ring (bicyclic) bond motifs is 1. The molecule has 1 heteroatoms. The number of rotatable bonds is 2. The predicted octanol–water partition coefficient (Wildman–Crippen LogP) is 3.37. The van der Waals surface area contributed by atoms with Crippen molar-refractivity contribution in [3.63, 3.8) is 0 Å². The summed E-state index contributed by atoms with van der Waals surface area (Å²) in [6, 6.07) is 12.6. The van der Waals surface area contributed by atoms with E-state index in [4.69, 9.17) is 5.73 Å². The quantitative estimate of drug-likeness (QED) is 0.713. The Morgan fingerprint density at radius 3 is 2.79 bits per heavy atom. The van der Waals surface area contributed by atoms with Crippen LogP contribution in [0.15, 0.2) is 36.4 Å². The van der Waals surface area contributed by atoms with Crippen molar-refractivity contribution in [1.29, 1.82) is 0 Å². The molecule has 2 N–H and O–H groups in total. The van der Waals surface area contributed by atoms with Crippen LogP contribution in [0, 0.1) is 0 Å². The highest BCUT2D eigenvalue weighted by Gasteiger charge is 1.98. The Morgan fingerprint density at radius 2 is 2.00 bits per heavy atom. The lowest BCUT2D eigenvalue weighted by Crippen LogP contribution is -1.88. The zero-order valence-corrected chi connectivity index (χ0v) is 8.46. The topological polar surface area (TPSA) is 26.0 Å². The van der Waals surface area contributed by atoms with Crippen LogP contribution in [0.25, 0.3) is 10.8 Å². The van der Waals surface area contributed by atoms with Crippen LogP contribution in [-0.4, -0.2) is 0 Å². The number of hydrogen-bond donors (Lipinski definition) is 1. The first kappa shape index (κ1) is 9.07. The summed E-state index contributed by atoms with van der Waals surface area (Å²) < 4.78 is 0. The molecule has 0 atom stereocenters. The molecule has 0 radical (unpaired) electrons. The van der Waals surface area contributed by atoms with Crippen molar-refractivity contribution in [1.82, 2.24) is 0 Å². The van der Waals surface area contributed by atoms with Crippen molar-refractivity contribution in [3.05, 3.63) is 42.0 Å². The SMILES string of the molecule is CCCc1ccc2c(N)cccc2c1. The molecule has 72 valence electrons. The molecular formula is C13H15N. The third-order valence-corrected chi connectivity index (χ3v) is 2.52. The first-order valence-corrected chi connectivity index (χ1v) is 5.08. The molecule has 0 amide bonds. The molecule has 0 heterocycles. The molecule has 0 bridgehead atoms. The van der Waals surface area contributed by atoms with Crippen LogP contribution >= 0.6 is 0 Å². The van der Waals surface area contributed by atoms with Crippen LogP contribution < -0.4 is 5.73 Å². The number of benzene rings is 2. The summed E-state index contributed by atoms with van der Waals surface area (Å²) in [7, 11) is 0. The molecule has 0 spiro atoms. The van der Waals surface area contributed by atoms with Crippen molar-refractivity contribution < 1.29 is 0 Å². The minimum Gasteiger partial charge on any atom is -0.398 e. The standard InChI is InChI=1S/C13H15N/c1-2-4-10-7-8-12-11(9-10)5-3-6-13(12)14/h3,5-9H,2,4,14H2,1H3. The van der Waals surface area contributed by atoms with E-state index in [0.29, 0.717) is 0 Å². The average Bonchev–Trinajstić information content (AvgIpc) is 2.18. The van der Waals surface area contributed by atoms with Crippen LogP contribution in [0.3, 0.4) is 0 Å². The Morgan fingerprint density at radius 1 is 1.14 bits per heavy atom. The van der Waals surface area contributed by atoms with Gasteiger partial charge in [0.1, 0.15) is 0 Å². The maximum absolute atomic E-state index is 5.88. The highest BCUT2D eigenvalue weighted by Crippen LogP contribution is 2.22. The van der Waals surface area contributed by atoms with Gasteiger partial charge in [-0.2, -0.15) is 0 Å². The van der Waals surface area contributed by atoms with Gasteiger partial charge in [0.05, 0.1) is 0 Å². The van der Waals surface area contributed by atoms with Crippen molar-refractivity contribution >= 4 is 16.5 Å². The second-order valence-corrected chi connectivity index (χ2v) is 3.65. The number of anilines is 1. The molecular weight excluding hydrogens is 170 g/mol. The monoisotopic (exact) mass is 185 g/mol. The second kappa shape index (κ2) is 3.70. The number of nitrogen functional groups attached to an aromatic ring is 1. The van der Waals surface area contributed by atoms with Gasteiger partial charge in [0.25, 0.3) is 0 Å². The van der Waals surface area contributed by atoms with Crippen molar-refractivity contribution in [2.75, 3.05) is 5.73 Å². The highest BCUT2D eigenvalue weighted by molar-refractivity contribution is 5.93. The zero-order chi connectivity index (χ0) is 9.97. The fourth-order valence-electron chi connectivity index (χ4n) is 1.80. The summed E-state index contributed by atoms with van der Waals surface area (Å²) in [6.07, 6.45) is 2.33. The molecule has 0 aliphatic carbocycles. The molecule has 2 aromatic rings. The van der Waals surface area contributed by atoms with Gasteiger partial charge in [-0.25, -0.2) is 0 Å². The lowest BCUT2D eigenvalue weighted by atomic mass is 10.0. The molecule has 0 unspecified atom stereocenters. The first-order valence-electron chi connectivity index (χ1n) is 5.08. The van der Waals surface area contributed by atoms with Crippen LogP contribution in [0.5, 0.6) is 0 Å². The van der Waals surface area contributed by atoms with E-state index in [1.807, 2.05) is 12.1 Å². The summed E-state index contributed by atoms with van der Waals surface area (Å²) >= 11 is 0. The third kappa shape index (κ3) is 1.58. The first-order chi connectivity index (χ1) is 6.81. The largest absolute Gasteiger partial charge is 0.398 e. The van der Waals surface area contributed by atoms with Crippen LogP contribution in [0.4, 0.5) is 5.69 Å². The van der Waals surface area contributed by atoms with Gasteiger partial charge >= 0.3 is 0 Å². The van der Waals surface area contributed by atoms with Crippen LogP contribution in [0.1, 0.15) is 18.9 Å². The molecule has 0 fully saturated rings. The average molecular weight is 185 g/mol. The fourth-order valence-corrected chi connectivity index (χ4v) is 1.80. The van der Waals surface area contributed by atoms with Gasteiger partial charge in [0.2, 0.25) is 0 Å². The number of nitrogens with two attached hydrogens (primary N) is 1. The van der Waals surface area contributed by atoms with E-state index in [2.05, 4.69) is 31.2 Å². The lowest BCUT2D eigenvalue weighted by Gasteiger charge is -2.04. The molecule has 0 aliphatic rings. The molecule has 0 saturated heterocycles. The van der Waals surface area contributed by atoms with Gasteiger partial charge in [0, 0.05) is 11.1 Å². The van der Waals surface area contributed by atoms with Gasteiger partial charge in [-0.15, -0.1) is 0 Å². The van der Waals surface area contributed by atoms with Gasteiger partial charge in [-0.3, -0.25) is 0 Å². The van der Waals surface area contributed by atoms with E-state index in [1.165, 1.54) is 17.4 Å². The van der Waals surface area contributed by atoms with Crippen molar-refractivity contribution in [2.45, 2.75) is 19.8 Å². The Kier molecular flexibility index (Phi) is 2.40. The van der Waals surface area contributed by atoms with Crippen LogP contribution in [-0.2, 0) is 6.42 Å². The van der Waals surface area contributed by atoms with E-state index in [-0.39, 0.29) is 0 Å². The lowest BCUT2D eigenvalue weighted by molar-refractivity contribution is 0.924. The molecule has 2 aromatic carbocycles. The van der Waals surface area contributed by atoms with Gasteiger partial charge < -0.3 is 5.73 Å². The van der Waals surface area contributed by atoms with E-state index in [1.54, 1.807) is 0 Å². The minimum atomic E-state index is 0.866. The third-order valence-electron chi connectivity index (χ3n) is 2.52. The molecule has 0 saturated carbocycles. The normalized spacial score (nSPS) is 10.6. The van der Waals surface area contributed by atoms with Gasteiger partial charge in [-0.1, -0.05) is 43.7 Å². The second-order valence-electron chi connectivity index (χ2n) is 3.65. The summed E-state index contributed by atoms with van der Waals surface area (Å²) in [5.74, 6) is 0. The summed E-state index contributed by atoms with van der Waals surface area (Å²) in [4.78, 5) is 0.